The fourth-order valence-electron chi connectivity index (χ4n) is 3.23. The molecule has 2 aromatic rings. The first-order chi connectivity index (χ1) is 13.1. The molecule has 3 rings (SSSR count). The number of hydrogen-bond acceptors (Lipinski definition) is 5. The number of hydrogen-bond donors (Lipinski definition) is 2. The van der Waals surface area contributed by atoms with Crippen molar-refractivity contribution in [3.05, 3.63) is 48.3 Å². The second kappa shape index (κ2) is 9.37. The number of amides is 1. The normalized spacial score (nSPS) is 13.8. The molecule has 1 saturated heterocycles. The van der Waals surface area contributed by atoms with Crippen molar-refractivity contribution in [1.82, 2.24) is 15.2 Å². The Bertz CT molecular complexity index is 738. The smallest absolute Gasteiger partial charge is 0.252 e. The summed E-state index contributed by atoms with van der Waals surface area (Å²) in [5.41, 5.74) is 3.63. The summed E-state index contributed by atoms with van der Waals surface area (Å²) in [7, 11) is 4.05. The third-order valence-electron chi connectivity index (χ3n) is 4.70. The van der Waals surface area contributed by atoms with Crippen LogP contribution in [0.4, 0.5) is 17.1 Å². The first-order valence-corrected chi connectivity index (χ1v) is 9.62. The van der Waals surface area contributed by atoms with Crippen molar-refractivity contribution < 1.29 is 4.79 Å². The maximum absolute atomic E-state index is 12.3. The third kappa shape index (κ3) is 5.69. The van der Waals surface area contributed by atoms with Crippen LogP contribution in [-0.2, 0) is 0 Å². The summed E-state index contributed by atoms with van der Waals surface area (Å²) in [6, 6.07) is 10.3. The number of rotatable bonds is 8. The fourth-order valence-corrected chi connectivity index (χ4v) is 3.23. The van der Waals surface area contributed by atoms with E-state index in [2.05, 4.69) is 49.7 Å². The van der Waals surface area contributed by atoms with Crippen molar-refractivity contribution in [3.8, 4) is 0 Å². The van der Waals surface area contributed by atoms with Gasteiger partial charge in [0, 0.05) is 37.2 Å². The van der Waals surface area contributed by atoms with E-state index in [0.29, 0.717) is 12.1 Å². The van der Waals surface area contributed by atoms with Gasteiger partial charge in [-0.05, 0) is 70.2 Å². The molecule has 6 nitrogen and oxygen atoms in total. The van der Waals surface area contributed by atoms with Crippen LogP contribution in [-0.4, -0.2) is 56.1 Å². The fraction of sp³-hybridized carbons (Fsp3) is 0.429. The van der Waals surface area contributed by atoms with Gasteiger partial charge in [-0.15, -0.1) is 0 Å². The number of anilines is 3. The average Bonchev–Trinajstić information content (AvgIpc) is 3.20. The number of pyridine rings is 1. The van der Waals surface area contributed by atoms with Gasteiger partial charge in [-0.2, -0.15) is 0 Å². The molecular weight excluding hydrogens is 338 g/mol. The Morgan fingerprint density at radius 3 is 2.56 bits per heavy atom. The van der Waals surface area contributed by atoms with Crippen LogP contribution in [0.3, 0.4) is 0 Å². The van der Waals surface area contributed by atoms with E-state index in [0.717, 1.165) is 37.4 Å². The van der Waals surface area contributed by atoms with Crippen LogP contribution in [0.25, 0.3) is 0 Å². The minimum absolute atomic E-state index is 0.0886. The summed E-state index contributed by atoms with van der Waals surface area (Å²) in [4.78, 5) is 21.0. The van der Waals surface area contributed by atoms with Gasteiger partial charge in [0.25, 0.3) is 5.91 Å². The Morgan fingerprint density at radius 2 is 1.85 bits per heavy atom. The standard InChI is InChI=1S/C21H29N5O/c1-25(2)11-5-10-23-21(27)17-14-19(16-22-15-17)24-18-6-8-20(9-7-18)26-12-3-4-13-26/h6-9,14-16,24H,3-5,10-13H2,1-2H3,(H,23,27). The molecule has 0 unspecified atom stereocenters. The van der Waals surface area contributed by atoms with E-state index in [1.807, 2.05) is 20.2 Å². The second-order valence-electron chi connectivity index (χ2n) is 7.24. The Kier molecular flexibility index (Phi) is 6.65. The van der Waals surface area contributed by atoms with E-state index in [-0.39, 0.29) is 5.91 Å². The summed E-state index contributed by atoms with van der Waals surface area (Å²) in [6.45, 7) is 3.89. The van der Waals surface area contributed by atoms with Crippen LogP contribution in [0.2, 0.25) is 0 Å². The minimum atomic E-state index is -0.0886. The molecule has 27 heavy (non-hydrogen) atoms. The zero-order chi connectivity index (χ0) is 19.1. The monoisotopic (exact) mass is 367 g/mol. The van der Waals surface area contributed by atoms with E-state index in [4.69, 9.17) is 0 Å². The van der Waals surface area contributed by atoms with E-state index < -0.39 is 0 Å². The van der Waals surface area contributed by atoms with Gasteiger partial charge in [0.1, 0.15) is 0 Å². The molecule has 1 aromatic carbocycles. The molecule has 0 saturated carbocycles. The Hall–Kier alpha value is -2.60. The molecule has 1 aliphatic rings. The average molecular weight is 367 g/mol. The maximum atomic E-state index is 12.3. The Labute approximate surface area is 161 Å². The number of benzene rings is 1. The number of carbonyl (C=O) groups excluding carboxylic acids is 1. The largest absolute Gasteiger partial charge is 0.372 e. The molecule has 1 fully saturated rings. The number of carbonyl (C=O) groups is 1. The number of aromatic nitrogens is 1. The highest BCUT2D eigenvalue weighted by Gasteiger charge is 2.12. The first-order valence-electron chi connectivity index (χ1n) is 9.62. The summed E-state index contributed by atoms with van der Waals surface area (Å²) in [5, 5.41) is 6.28. The molecule has 144 valence electrons. The maximum Gasteiger partial charge on any atom is 0.252 e. The lowest BCUT2D eigenvalue weighted by molar-refractivity contribution is 0.0952. The molecule has 1 amide bonds. The van der Waals surface area contributed by atoms with Crippen molar-refractivity contribution in [3.63, 3.8) is 0 Å². The molecular formula is C21H29N5O. The zero-order valence-electron chi connectivity index (χ0n) is 16.2. The van der Waals surface area contributed by atoms with E-state index in [9.17, 15) is 4.79 Å². The van der Waals surface area contributed by atoms with E-state index in [1.165, 1.54) is 18.5 Å². The molecule has 0 bridgehead atoms. The molecule has 0 atom stereocenters. The highest BCUT2D eigenvalue weighted by Crippen LogP contribution is 2.24. The summed E-state index contributed by atoms with van der Waals surface area (Å²) in [6.07, 6.45) is 6.80. The molecule has 2 N–H and O–H groups in total. The van der Waals surface area contributed by atoms with Crippen LogP contribution in [0.1, 0.15) is 29.6 Å². The van der Waals surface area contributed by atoms with Crippen molar-refractivity contribution >= 4 is 23.0 Å². The van der Waals surface area contributed by atoms with E-state index in [1.54, 1.807) is 12.4 Å². The van der Waals surface area contributed by atoms with Crippen molar-refractivity contribution in [1.29, 1.82) is 0 Å². The predicted molar refractivity (Wildman–Crippen MR) is 111 cm³/mol. The summed E-state index contributed by atoms with van der Waals surface area (Å²) >= 11 is 0. The van der Waals surface area contributed by atoms with Crippen LogP contribution in [0.5, 0.6) is 0 Å². The predicted octanol–water partition coefficient (Wildman–Crippen LogP) is 3.11. The summed E-state index contributed by atoms with van der Waals surface area (Å²) < 4.78 is 0. The van der Waals surface area contributed by atoms with Gasteiger partial charge in [0.2, 0.25) is 0 Å². The molecule has 1 aliphatic heterocycles. The van der Waals surface area contributed by atoms with Crippen LogP contribution in [0.15, 0.2) is 42.7 Å². The van der Waals surface area contributed by atoms with Gasteiger partial charge in [0.05, 0.1) is 17.4 Å². The van der Waals surface area contributed by atoms with Gasteiger partial charge in [0.15, 0.2) is 0 Å². The Morgan fingerprint density at radius 1 is 1.11 bits per heavy atom. The van der Waals surface area contributed by atoms with Crippen LogP contribution >= 0.6 is 0 Å². The van der Waals surface area contributed by atoms with Gasteiger partial charge in [-0.25, -0.2) is 0 Å². The topological polar surface area (TPSA) is 60.5 Å². The van der Waals surface area contributed by atoms with Crippen LogP contribution < -0.4 is 15.5 Å². The molecule has 2 heterocycles. The highest BCUT2D eigenvalue weighted by molar-refractivity contribution is 5.94. The lowest BCUT2D eigenvalue weighted by atomic mass is 10.2. The third-order valence-corrected chi connectivity index (χ3v) is 4.70. The van der Waals surface area contributed by atoms with Gasteiger partial charge in [-0.1, -0.05) is 0 Å². The lowest BCUT2D eigenvalue weighted by Crippen LogP contribution is -2.27. The molecule has 0 aliphatic carbocycles. The quantitative estimate of drug-likeness (QED) is 0.702. The minimum Gasteiger partial charge on any atom is -0.372 e. The van der Waals surface area contributed by atoms with Gasteiger partial charge in [-0.3, -0.25) is 9.78 Å². The van der Waals surface area contributed by atoms with Crippen molar-refractivity contribution in [2.75, 3.05) is 50.5 Å². The lowest BCUT2D eigenvalue weighted by Gasteiger charge is -2.18. The number of nitrogens with one attached hydrogen (secondary N) is 2. The van der Waals surface area contributed by atoms with Crippen LogP contribution in [0, 0.1) is 0 Å². The molecule has 0 spiro atoms. The molecule has 1 aromatic heterocycles. The van der Waals surface area contributed by atoms with Gasteiger partial charge >= 0.3 is 0 Å². The SMILES string of the molecule is CN(C)CCCNC(=O)c1cncc(Nc2ccc(N3CCCC3)cc2)c1. The Balaban J connectivity index is 1.56. The van der Waals surface area contributed by atoms with Crippen molar-refractivity contribution in [2.24, 2.45) is 0 Å². The molecule has 6 heteroatoms. The zero-order valence-corrected chi connectivity index (χ0v) is 16.2. The van der Waals surface area contributed by atoms with Crippen molar-refractivity contribution in [2.45, 2.75) is 19.3 Å². The summed E-state index contributed by atoms with van der Waals surface area (Å²) in [5.74, 6) is -0.0886. The van der Waals surface area contributed by atoms with Gasteiger partial charge < -0.3 is 20.4 Å². The van der Waals surface area contributed by atoms with E-state index >= 15 is 0 Å². The molecule has 0 radical (unpaired) electrons. The second-order valence-corrected chi connectivity index (χ2v) is 7.24. The highest BCUT2D eigenvalue weighted by atomic mass is 16.1. The number of nitrogens with zero attached hydrogens (tertiary/aromatic N) is 3. The first kappa shape index (κ1) is 19.2.